The van der Waals surface area contributed by atoms with Crippen LogP contribution in [0.4, 0.5) is 4.79 Å². The number of benzene rings is 2. The van der Waals surface area contributed by atoms with Gasteiger partial charge < -0.3 is 19.5 Å². The molecule has 2 aromatic rings. The molecule has 36 heavy (non-hydrogen) atoms. The first-order valence-electron chi connectivity index (χ1n) is 11.8. The minimum Gasteiger partial charge on any atom is -0.459 e. The number of nitrogens with zero attached hydrogens (tertiary/aromatic N) is 1. The Balaban J connectivity index is 1.54. The highest BCUT2D eigenvalue weighted by Gasteiger charge is 2.44. The van der Waals surface area contributed by atoms with E-state index in [-0.39, 0.29) is 19.1 Å². The second-order valence-corrected chi connectivity index (χ2v) is 14.8. The smallest absolute Gasteiger partial charge is 0.338 e. The van der Waals surface area contributed by atoms with Gasteiger partial charge >= 0.3 is 18.0 Å². The van der Waals surface area contributed by atoms with Gasteiger partial charge in [0.25, 0.3) is 0 Å². The summed E-state index contributed by atoms with van der Waals surface area (Å²) in [6, 6.07) is 16.9. The molecule has 2 aliphatic heterocycles. The molecule has 9 heteroatoms. The fourth-order valence-corrected chi connectivity index (χ4v) is 5.63. The van der Waals surface area contributed by atoms with Gasteiger partial charge in [-0.3, -0.25) is 4.90 Å². The van der Waals surface area contributed by atoms with Crippen molar-refractivity contribution in [1.82, 2.24) is 10.2 Å². The van der Waals surface area contributed by atoms with Gasteiger partial charge in [0.1, 0.15) is 25.0 Å². The molecule has 1 N–H and O–H groups in total. The van der Waals surface area contributed by atoms with Crippen molar-refractivity contribution in [3.63, 3.8) is 0 Å². The summed E-state index contributed by atoms with van der Waals surface area (Å²) in [7, 11) is -1.82. The number of carbonyl (C=O) groups excluding carboxylic acids is 3. The molecule has 8 nitrogen and oxygen atoms in total. The summed E-state index contributed by atoms with van der Waals surface area (Å²) >= 11 is 0. The van der Waals surface area contributed by atoms with Crippen molar-refractivity contribution in [2.45, 2.75) is 44.5 Å². The van der Waals surface area contributed by atoms with Crippen LogP contribution in [0.15, 0.2) is 84.3 Å². The molecule has 0 bridgehead atoms. The Morgan fingerprint density at radius 2 is 1.61 bits per heavy atom. The fraction of sp³-hybridized carbons (Fsp3) is 0.296. The minimum atomic E-state index is -1.82. The molecule has 2 heterocycles. The third-order valence-corrected chi connectivity index (χ3v) is 8.09. The summed E-state index contributed by atoms with van der Waals surface area (Å²) < 4.78 is 17.4. The third-order valence-electron chi connectivity index (χ3n) is 6.04. The zero-order valence-corrected chi connectivity index (χ0v) is 21.6. The van der Waals surface area contributed by atoms with Crippen LogP contribution in [-0.2, 0) is 14.2 Å². The van der Waals surface area contributed by atoms with Gasteiger partial charge in [-0.2, -0.15) is 0 Å². The first-order chi connectivity index (χ1) is 17.1. The molecule has 1 fully saturated rings. The molecule has 1 saturated heterocycles. The number of amides is 2. The molecule has 2 amide bonds. The topological polar surface area (TPSA) is 94.2 Å². The zero-order valence-electron chi connectivity index (χ0n) is 20.6. The molecule has 0 saturated carbocycles. The summed E-state index contributed by atoms with van der Waals surface area (Å²) in [5.41, 5.74) is 1.39. The highest BCUT2D eigenvalue weighted by Crippen LogP contribution is 2.32. The summed E-state index contributed by atoms with van der Waals surface area (Å²) in [6.45, 7) is 10.3. The Bertz CT molecular complexity index is 1180. The van der Waals surface area contributed by atoms with E-state index < -0.39 is 38.4 Å². The number of hydrogen-bond donors (Lipinski definition) is 1. The van der Waals surface area contributed by atoms with Crippen LogP contribution in [0.1, 0.15) is 27.1 Å². The van der Waals surface area contributed by atoms with E-state index in [1.54, 1.807) is 60.8 Å². The predicted molar refractivity (Wildman–Crippen MR) is 137 cm³/mol. The van der Waals surface area contributed by atoms with E-state index in [1.807, 2.05) is 6.07 Å². The van der Waals surface area contributed by atoms with E-state index in [0.29, 0.717) is 16.8 Å². The lowest BCUT2D eigenvalue weighted by molar-refractivity contribution is -0.0636. The van der Waals surface area contributed by atoms with E-state index in [2.05, 4.69) is 31.5 Å². The highest BCUT2D eigenvalue weighted by molar-refractivity contribution is 6.84. The molecule has 0 spiro atoms. The van der Waals surface area contributed by atoms with E-state index in [4.69, 9.17) is 14.2 Å². The summed E-state index contributed by atoms with van der Waals surface area (Å²) in [5.74, 6) is -1.03. The molecule has 0 radical (unpaired) electrons. The lowest BCUT2D eigenvalue weighted by atomic mass is 10.1. The molecule has 3 unspecified atom stereocenters. The Hall–Kier alpha value is -3.69. The molecular weight excluding hydrogens is 476 g/mol. The maximum absolute atomic E-state index is 12.8. The number of ether oxygens (including phenoxy) is 3. The van der Waals surface area contributed by atoms with E-state index >= 15 is 0 Å². The van der Waals surface area contributed by atoms with Crippen molar-refractivity contribution in [3.05, 3.63) is 95.5 Å². The zero-order chi connectivity index (χ0) is 25.9. The lowest BCUT2D eigenvalue weighted by Crippen LogP contribution is -2.49. The van der Waals surface area contributed by atoms with Crippen LogP contribution in [0.2, 0.25) is 19.6 Å². The third kappa shape index (κ3) is 5.75. The van der Waals surface area contributed by atoms with Crippen LogP contribution in [-0.4, -0.2) is 56.0 Å². The second-order valence-electron chi connectivity index (χ2n) is 9.75. The van der Waals surface area contributed by atoms with E-state index in [9.17, 15) is 14.4 Å². The van der Waals surface area contributed by atoms with Gasteiger partial charge in [0.15, 0.2) is 0 Å². The number of carbonyl (C=O) groups is 3. The van der Waals surface area contributed by atoms with Crippen LogP contribution in [0.5, 0.6) is 0 Å². The SMILES string of the molecule is C=C1NC(=O)N(C2CC(OC(=O)c3ccccc3)C(COC(=O)c3ccccc3)O2)C=C1[Si](C)(C)C. The highest BCUT2D eigenvalue weighted by atomic mass is 28.3. The summed E-state index contributed by atoms with van der Waals surface area (Å²) in [4.78, 5) is 39.6. The molecule has 0 aliphatic carbocycles. The quantitative estimate of drug-likeness (QED) is 0.439. The van der Waals surface area contributed by atoms with Crippen LogP contribution < -0.4 is 5.32 Å². The number of hydrogen-bond acceptors (Lipinski definition) is 6. The minimum absolute atomic E-state index is 0.135. The Kier molecular flexibility index (Phi) is 7.42. The number of urea groups is 1. The van der Waals surface area contributed by atoms with Crippen molar-refractivity contribution in [2.24, 2.45) is 0 Å². The maximum Gasteiger partial charge on any atom is 0.338 e. The van der Waals surface area contributed by atoms with Gasteiger partial charge in [0, 0.05) is 18.3 Å². The van der Waals surface area contributed by atoms with Gasteiger partial charge in [-0.25, -0.2) is 14.4 Å². The Labute approximate surface area is 211 Å². The monoisotopic (exact) mass is 506 g/mol. The predicted octanol–water partition coefficient (Wildman–Crippen LogP) is 4.48. The molecule has 188 valence electrons. The van der Waals surface area contributed by atoms with Crippen molar-refractivity contribution >= 4 is 26.0 Å². The van der Waals surface area contributed by atoms with E-state index in [0.717, 1.165) is 5.20 Å². The van der Waals surface area contributed by atoms with Crippen molar-refractivity contribution in [1.29, 1.82) is 0 Å². The largest absolute Gasteiger partial charge is 0.459 e. The molecular formula is C27H30N2O6Si. The number of allylic oxidation sites excluding steroid dienone is 1. The molecule has 3 atom stereocenters. The molecule has 4 rings (SSSR count). The maximum atomic E-state index is 12.8. The van der Waals surface area contributed by atoms with Crippen LogP contribution in [0, 0.1) is 0 Å². The van der Waals surface area contributed by atoms with Gasteiger partial charge in [0.05, 0.1) is 19.2 Å². The summed E-state index contributed by atoms with van der Waals surface area (Å²) in [5, 5.41) is 3.81. The number of esters is 2. The van der Waals surface area contributed by atoms with E-state index in [1.165, 1.54) is 4.90 Å². The van der Waals surface area contributed by atoms with Gasteiger partial charge in [0.2, 0.25) is 0 Å². The fourth-order valence-electron chi connectivity index (χ4n) is 4.14. The van der Waals surface area contributed by atoms with Gasteiger partial charge in [-0.15, -0.1) is 0 Å². The lowest BCUT2D eigenvalue weighted by Gasteiger charge is -2.35. The normalized spacial score (nSPS) is 22.0. The van der Waals surface area contributed by atoms with Gasteiger partial charge in [-0.05, 0) is 29.5 Å². The second kappa shape index (κ2) is 10.5. The van der Waals surface area contributed by atoms with Crippen molar-refractivity contribution in [3.8, 4) is 0 Å². The number of nitrogens with one attached hydrogen (secondary N) is 1. The van der Waals surface area contributed by atoms with Crippen LogP contribution >= 0.6 is 0 Å². The first kappa shape index (κ1) is 25.4. The standard InChI is InChI=1S/C27H30N2O6Si/c1-18-23(36(2,3)4)16-29(27(32)28-18)24-15-21(35-26(31)20-13-9-6-10-14-20)22(34-24)17-33-25(30)19-11-7-5-8-12-19/h5-14,16,21-22,24H,1,15,17H2,2-4H3,(H,28,32). The first-order valence-corrected chi connectivity index (χ1v) is 15.3. The molecule has 2 aromatic carbocycles. The van der Waals surface area contributed by atoms with Crippen LogP contribution in [0.3, 0.4) is 0 Å². The van der Waals surface area contributed by atoms with Crippen molar-refractivity contribution in [2.75, 3.05) is 6.61 Å². The average Bonchev–Trinajstić information content (AvgIpc) is 3.24. The Morgan fingerprint density at radius 3 is 2.19 bits per heavy atom. The molecule has 0 aromatic heterocycles. The Morgan fingerprint density at radius 1 is 1.03 bits per heavy atom. The van der Waals surface area contributed by atoms with Crippen molar-refractivity contribution < 1.29 is 28.6 Å². The summed E-state index contributed by atoms with van der Waals surface area (Å²) in [6.07, 6.45) is -0.183. The van der Waals surface area contributed by atoms with Gasteiger partial charge in [-0.1, -0.05) is 62.6 Å². The number of rotatable bonds is 7. The average molecular weight is 507 g/mol. The van der Waals surface area contributed by atoms with Crippen LogP contribution in [0.25, 0.3) is 0 Å². The molecule has 2 aliphatic rings.